The molecule has 2 N–H and O–H groups in total. The molecule has 0 amide bonds. The molecule has 0 fully saturated rings. The van der Waals surface area contributed by atoms with Crippen LogP contribution in [0.4, 0.5) is 0 Å². The fraction of sp³-hybridized carbons (Fsp3) is 0.522. The van der Waals surface area contributed by atoms with Gasteiger partial charge in [0, 0.05) is 44.3 Å². The maximum absolute atomic E-state index is 5.74. The van der Waals surface area contributed by atoms with Gasteiger partial charge in [-0.2, -0.15) is 0 Å². The highest BCUT2D eigenvalue weighted by Crippen LogP contribution is 2.39. The summed E-state index contributed by atoms with van der Waals surface area (Å²) in [6.45, 7) is 9.23. The van der Waals surface area contributed by atoms with E-state index >= 15 is 0 Å². The van der Waals surface area contributed by atoms with E-state index in [1.165, 1.54) is 301 Å². The Balaban J connectivity index is 1.07. The van der Waals surface area contributed by atoms with Gasteiger partial charge in [-0.15, -0.1) is 0 Å². The van der Waals surface area contributed by atoms with Gasteiger partial charge in [-0.05, 0) is 144 Å². The number of hydrogen-bond acceptors (Lipinski definition) is 2. The van der Waals surface area contributed by atoms with Gasteiger partial charge < -0.3 is 9.97 Å². The molecule has 0 saturated heterocycles. The standard InChI is InChI=1S/C92H126N4/c1-5-9-13-17-21-25-29-33-37-41-45-73-49-57-77(58-50-73)89-81-65-67-83(93-81)90(78-59-51-74(52-60-78)46-42-38-34-30-26-22-18-14-10-6-2)85-69-71-87(95-85)92(80-63-55-76(56-64-80)48-44-40-36-32-28-24-20-16-12-8-4)88-72-70-86(96-88)91(84-68-66-82(89)94-84)79-61-53-75(54-62-79)47-43-39-35-31-27-23-19-15-11-7-3/h49-72,93,96H,5-48H2,1-4H3. The summed E-state index contributed by atoms with van der Waals surface area (Å²) >= 11 is 0. The highest BCUT2D eigenvalue weighted by Gasteiger charge is 2.20. The zero-order valence-electron chi connectivity index (χ0n) is 60.9. The predicted molar refractivity (Wildman–Crippen MR) is 423 cm³/mol. The molecule has 8 bridgehead atoms. The number of nitrogens with zero attached hydrogens (tertiary/aromatic N) is 2. The molecule has 2 aliphatic heterocycles. The van der Waals surface area contributed by atoms with Gasteiger partial charge in [0.05, 0.1) is 22.8 Å². The molecule has 0 aliphatic carbocycles. The first-order chi connectivity index (χ1) is 47.5. The van der Waals surface area contributed by atoms with Gasteiger partial charge in [0.15, 0.2) is 0 Å². The van der Waals surface area contributed by atoms with E-state index in [2.05, 4.69) is 183 Å². The van der Waals surface area contributed by atoms with Gasteiger partial charge in [0.2, 0.25) is 0 Å². The van der Waals surface area contributed by atoms with Crippen molar-refractivity contribution in [2.75, 3.05) is 0 Å². The molecule has 0 saturated carbocycles. The minimum Gasteiger partial charge on any atom is -0.354 e. The number of aromatic nitrogens is 4. The summed E-state index contributed by atoms with van der Waals surface area (Å²) in [5.74, 6) is 0. The normalized spacial score (nSPS) is 12.0. The van der Waals surface area contributed by atoms with Crippen LogP contribution in [-0.4, -0.2) is 19.9 Å². The molecule has 0 atom stereocenters. The topological polar surface area (TPSA) is 57.4 Å². The van der Waals surface area contributed by atoms with Gasteiger partial charge in [-0.1, -0.05) is 356 Å². The van der Waals surface area contributed by atoms with Crippen LogP contribution in [0, 0.1) is 0 Å². The monoisotopic (exact) mass is 1290 g/mol. The van der Waals surface area contributed by atoms with Crippen LogP contribution in [0.1, 0.15) is 330 Å². The molecule has 2 aliphatic rings. The van der Waals surface area contributed by atoms with Crippen molar-refractivity contribution in [1.82, 2.24) is 19.9 Å². The Morgan fingerprint density at radius 2 is 0.365 bits per heavy atom. The van der Waals surface area contributed by atoms with Crippen molar-refractivity contribution >= 4 is 46.4 Å². The molecule has 514 valence electrons. The second kappa shape index (κ2) is 43.0. The Labute approximate surface area is 584 Å². The lowest BCUT2D eigenvalue weighted by molar-refractivity contribution is 0.556. The third kappa shape index (κ3) is 23.9. The van der Waals surface area contributed by atoms with Crippen molar-refractivity contribution in [2.24, 2.45) is 0 Å². The van der Waals surface area contributed by atoms with Crippen LogP contribution in [0.15, 0.2) is 121 Å². The van der Waals surface area contributed by atoms with E-state index in [0.29, 0.717) is 0 Å². The van der Waals surface area contributed by atoms with Crippen molar-refractivity contribution in [2.45, 2.75) is 310 Å². The predicted octanol–water partition coefficient (Wildman–Crippen LogP) is 29.2. The van der Waals surface area contributed by atoms with Crippen molar-refractivity contribution in [3.05, 3.63) is 166 Å². The largest absolute Gasteiger partial charge is 0.354 e. The van der Waals surface area contributed by atoms with Gasteiger partial charge in [0.25, 0.3) is 0 Å². The number of unbranched alkanes of at least 4 members (excludes halogenated alkanes) is 36. The minimum atomic E-state index is 0.964. The van der Waals surface area contributed by atoms with Gasteiger partial charge in [0.1, 0.15) is 0 Å². The lowest BCUT2D eigenvalue weighted by Crippen LogP contribution is -1.92. The van der Waals surface area contributed by atoms with E-state index in [1.807, 2.05) is 0 Å². The second-order valence-electron chi connectivity index (χ2n) is 29.0. The van der Waals surface area contributed by atoms with Crippen LogP contribution >= 0.6 is 0 Å². The van der Waals surface area contributed by atoms with Crippen molar-refractivity contribution in [3.63, 3.8) is 0 Å². The summed E-state index contributed by atoms with van der Waals surface area (Å²) in [4.78, 5) is 19.6. The molecule has 5 heterocycles. The molecular formula is C92H126N4. The maximum Gasteiger partial charge on any atom is 0.0737 e. The number of H-pyrrole nitrogens is 2. The first-order valence-electron chi connectivity index (χ1n) is 40.1. The first-order valence-corrected chi connectivity index (χ1v) is 40.1. The maximum atomic E-state index is 5.74. The highest BCUT2D eigenvalue weighted by molar-refractivity contribution is 6.00. The van der Waals surface area contributed by atoms with Crippen LogP contribution in [0.5, 0.6) is 0 Å². The van der Waals surface area contributed by atoms with Crippen LogP contribution in [0.2, 0.25) is 0 Å². The Bertz CT molecular complexity index is 3070. The van der Waals surface area contributed by atoms with E-state index in [4.69, 9.17) is 9.97 Å². The summed E-state index contributed by atoms with van der Waals surface area (Å²) in [6, 6.07) is 47.0. The smallest absolute Gasteiger partial charge is 0.0737 e. The fourth-order valence-electron chi connectivity index (χ4n) is 15.0. The van der Waals surface area contributed by atoms with E-state index in [-0.39, 0.29) is 0 Å². The summed E-state index contributed by atoms with van der Waals surface area (Å²) in [5, 5.41) is 0. The Kier molecular flexibility index (Phi) is 33.0. The average Bonchev–Trinajstić information content (AvgIpc) is 1.61. The third-order valence-electron chi connectivity index (χ3n) is 21.0. The van der Waals surface area contributed by atoms with Gasteiger partial charge in [-0.3, -0.25) is 0 Å². The van der Waals surface area contributed by atoms with Crippen molar-refractivity contribution in [3.8, 4) is 44.5 Å². The van der Waals surface area contributed by atoms with Crippen LogP contribution in [-0.2, 0) is 25.7 Å². The van der Waals surface area contributed by atoms with Crippen molar-refractivity contribution in [1.29, 1.82) is 0 Å². The summed E-state index contributed by atoms with van der Waals surface area (Å²) in [7, 11) is 0. The van der Waals surface area contributed by atoms with Crippen LogP contribution < -0.4 is 0 Å². The summed E-state index contributed by atoms with van der Waals surface area (Å²) in [6.07, 6.45) is 67.6. The lowest BCUT2D eigenvalue weighted by atomic mass is 9.99. The van der Waals surface area contributed by atoms with Crippen molar-refractivity contribution < 1.29 is 0 Å². The van der Waals surface area contributed by atoms with Gasteiger partial charge >= 0.3 is 0 Å². The fourth-order valence-corrected chi connectivity index (χ4v) is 15.0. The minimum absolute atomic E-state index is 0.964. The van der Waals surface area contributed by atoms with E-state index in [9.17, 15) is 0 Å². The third-order valence-corrected chi connectivity index (χ3v) is 21.0. The molecule has 0 radical (unpaired) electrons. The molecule has 4 aromatic carbocycles. The molecule has 9 rings (SSSR count). The molecule has 3 aromatic heterocycles. The van der Waals surface area contributed by atoms with Crippen LogP contribution in [0.25, 0.3) is 90.9 Å². The molecule has 0 unspecified atom stereocenters. The number of benzene rings is 4. The molecule has 0 spiro atoms. The zero-order valence-corrected chi connectivity index (χ0v) is 60.9. The number of aryl methyl sites for hydroxylation is 4. The van der Waals surface area contributed by atoms with E-state index < -0.39 is 0 Å². The molecular weight excluding hydrogens is 1160 g/mol. The molecule has 96 heavy (non-hydrogen) atoms. The Morgan fingerprint density at radius 3 is 0.542 bits per heavy atom. The molecule has 4 nitrogen and oxygen atoms in total. The first kappa shape index (κ1) is 73.7. The quantitative estimate of drug-likeness (QED) is 0.0374. The SMILES string of the molecule is CCCCCCCCCCCCc1ccc(-c2c3nc(c(-c4ccc(CCCCCCCCCCCC)cc4)c4ccc([nH]4)c(-c4ccc(CCCCCCCCCCCC)cc4)c4nc(c(-c5ccc(CCCCCCCCCCCC)cc5)c5ccc2[nH]5)C=C4)C=C3)cc1. The number of nitrogens with one attached hydrogen (secondary N) is 2. The Hall–Kier alpha value is -6.52. The van der Waals surface area contributed by atoms with E-state index in [0.717, 1.165) is 92.8 Å². The molecule has 4 heteroatoms. The zero-order chi connectivity index (χ0) is 66.5. The second-order valence-corrected chi connectivity index (χ2v) is 29.0. The molecule has 7 aromatic rings. The summed E-state index contributed by atoms with van der Waals surface area (Å²) < 4.78 is 0. The Morgan fingerprint density at radius 1 is 0.198 bits per heavy atom. The van der Waals surface area contributed by atoms with Gasteiger partial charge in [-0.25, -0.2) is 9.97 Å². The highest BCUT2D eigenvalue weighted by atomic mass is 14.8. The average molecular weight is 1290 g/mol. The van der Waals surface area contributed by atoms with Crippen LogP contribution in [0.3, 0.4) is 0 Å². The number of fused-ring (bicyclic) bond motifs is 8. The number of hydrogen-bond donors (Lipinski definition) is 2. The lowest BCUT2D eigenvalue weighted by Gasteiger charge is -2.09. The number of rotatable bonds is 48. The number of aromatic amines is 2. The van der Waals surface area contributed by atoms with E-state index in [1.54, 1.807) is 0 Å². The summed E-state index contributed by atoms with van der Waals surface area (Å²) in [5.41, 5.74) is 22.8.